The van der Waals surface area contributed by atoms with Crippen molar-refractivity contribution in [1.29, 1.82) is 0 Å². The van der Waals surface area contributed by atoms with E-state index in [0.29, 0.717) is 12.1 Å². The van der Waals surface area contributed by atoms with Gasteiger partial charge in [0.25, 0.3) is 0 Å². The SMILES string of the molecule is CNC(C)C1CCCCN1CCC(C)(C)OC. The molecule has 0 aliphatic carbocycles. The van der Waals surface area contributed by atoms with E-state index in [2.05, 4.69) is 38.0 Å². The number of likely N-dealkylation sites (N-methyl/N-ethyl adjacent to an activating group) is 1. The molecule has 0 aromatic heterocycles. The van der Waals surface area contributed by atoms with Gasteiger partial charge in [-0.15, -0.1) is 0 Å². The van der Waals surface area contributed by atoms with E-state index in [0.717, 1.165) is 13.0 Å². The number of hydrogen-bond acceptors (Lipinski definition) is 3. The summed E-state index contributed by atoms with van der Waals surface area (Å²) in [7, 11) is 3.88. The van der Waals surface area contributed by atoms with Crippen molar-refractivity contribution in [2.75, 3.05) is 27.2 Å². The predicted octanol–water partition coefficient (Wildman–Crippen LogP) is 2.26. The van der Waals surface area contributed by atoms with Crippen molar-refractivity contribution in [3.8, 4) is 0 Å². The van der Waals surface area contributed by atoms with Gasteiger partial charge in [0.15, 0.2) is 0 Å². The van der Waals surface area contributed by atoms with Crippen LogP contribution in [0.15, 0.2) is 0 Å². The molecular weight excluding hydrogens is 212 g/mol. The molecule has 1 saturated heterocycles. The Morgan fingerprint density at radius 2 is 2.12 bits per heavy atom. The lowest BCUT2D eigenvalue weighted by Crippen LogP contribution is -2.51. The van der Waals surface area contributed by atoms with E-state index in [1.54, 1.807) is 0 Å². The van der Waals surface area contributed by atoms with Crippen LogP contribution in [0.25, 0.3) is 0 Å². The molecule has 0 aromatic carbocycles. The van der Waals surface area contributed by atoms with Crippen molar-refractivity contribution < 1.29 is 4.74 Å². The lowest BCUT2D eigenvalue weighted by molar-refractivity contribution is -0.00107. The molecular formula is C14H30N2O. The molecule has 0 radical (unpaired) electrons. The lowest BCUT2D eigenvalue weighted by atomic mass is 9.95. The molecule has 1 rings (SSSR count). The Kier molecular flexibility index (Phi) is 5.90. The fourth-order valence-corrected chi connectivity index (χ4v) is 2.57. The maximum Gasteiger partial charge on any atom is 0.0634 e. The minimum absolute atomic E-state index is 0.00484. The smallest absolute Gasteiger partial charge is 0.0634 e. The fraction of sp³-hybridized carbons (Fsp3) is 1.00. The zero-order valence-electron chi connectivity index (χ0n) is 12.3. The Morgan fingerprint density at radius 3 is 2.71 bits per heavy atom. The van der Waals surface area contributed by atoms with E-state index in [-0.39, 0.29) is 5.60 Å². The van der Waals surface area contributed by atoms with E-state index in [4.69, 9.17) is 4.74 Å². The fourth-order valence-electron chi connectivity index (χ4n) is 2.57. The summed E-state index contributed by atoms with van der Waals surface area (Å²) >= 11 is 0. The van der Waals surface area contributed by atoms with Gasteiger partial charge in [0.1, 0.15) is 0 Å². The summed E-state index contributed by atoms with van der Waals surface area (Å²) < 4.78 is 5.51. The zero-order valence-corrected chi connectivity index (χ0v) is 12.3. The minimum atomic E-state index is 0.00484. The minimum Gasteiger partial charge on any atom is -0.379 e. The Labute approximate surface area is 107 Å². The highest BCUT2D eigenvalue weighted by molar-refractivity contribution is 4.85. The molecule has 0 saturated carbocycles. The lowest BCUT2D eigenvalue weighted by Gasteiger charge is -2.40. The second-order valence-corrected chi connectivity index (χ2v) is 5.89. The van der Waals surface area contributed by atoms with E-state index >= 15 is 0 Å². The molecule has 102 valence electrons. The third-order valence-electron chi connectivity index (χ3n) is 4.25. The van der Waals surface area contributed by atoms with Crippen LogP contribution in [0.2, 0.25) is 0 Å². The van der Waals surface area contributed by atoms with Crippen molar-refractivity contribution in [3.05, 3.63) is 0 Å². The van der Waals surface area contributed by atoms with Crippen molar-refractivity contribution in [2.45, 2.75) is 64.1 Å². The molecule has 0 bridgehead atoms. The Bertz CT molecular complexity index is 218. The van der Waals surface area contributed by atoms with E-state index in [1.807, 2.05) is 7.11 Å². The molecule has 0 spiro atoms. The molecule has 0 aromatic rings. The normalized spacial score (nSPS) is 24.9. The molecule has 1 aliphatic heterocycles. The van der Waals surface area contributed by atoms with Gasteiger partial charge in [0, 0.05) is 25.7 Å². The highest BCUT2D eigenvalue weighted by Gasteiger charge is 2.28. The zero-order chi connectivity index (χ0) is 12.9. The number of nitrogens with one attached hydrogen (secondary N) is 1. The van der Waals surface area contributed by atoms with Crippen molar-refractivity contribution in [2.24, 2.45) is 0 Å². The second-order valence-electron chi connectivity index (χ2n) is 5.89. The molecule has 2 atom stereocenters. The van der Waals surface area contributed by atoms with E-state index < -0.39 is 0 Å². The number of nitrogens with zero attached hydrogens (tertiary/aromatic N) is 1. The van der Waals surface area contributed by atoms with Gasteiger partial charge in [-0.3, -0.25) is 4.90 Å². The molecule has 2 unspecified atom stereocenters. The summed E-state index contributed by atoms with van der Waals surface area (Å²) in [6, 6.07) is 1.28. The van der Waals surface area contributed by atoms with Crippen LogP contribution in [-0.4, -0.2) is 49.8 Å². The average Bonchev–Trinajstić information content (AvgIpc) is 2.36. The van der Waals surface area contributed by atoms with Gasteiger partial charge in [-0.25, -0.2) is 0 Å². The van der Waals surface area contributed by atoms with Gasteiger partial charge in [0.05, 0.1) is 5.60 Å². The highest BCUT2D eigenvalue weighted by atomic mass is 16.5. The van der Waals surface area contributed by atoms with Crippen LogP contribution in [0.5, 0.6) is 0 Å². The monoisotopic (exact) mass is 242 g/mol. The van der Waals surface area contributed by atoms with Crippen LogP contribution >= 0.6 is 0 Å². The van der Waals surface area contributed by atoms with Crippen LogP contribution in [0.3, 0.4) is 0 Å². The Hall–Kier alpha value is -0.120. The van der Waals surface area contributed by atoms with Gasteiger partial charge >= 0.3 is 0 Å². The second kappa shape index (κ2) is 6.72. The first-order chi connectivity index (χ1) is 8.00. The molecule has 3 nitrogen and oxygen atoms in total. The molecule has 0 amide bonds. The molecule has 3 heteroatoms. The van der Waals surface area contributed by atoms with Crippen LogP contribution in [0.1, 0.15) is 46.5 Å². The van der Waals surface area contributed by atoms with Crippen molar-refractivity contribution >= 4 is 0 Å². The van der Waals surface area contributed by atoms with Gasteiger partial charge in [0.2, 0.25) is 0 Å². The first-order valence-electron chi connectivity index (χ1n) is 6.96. The predicted molar refractivity (Wildman–Crippen MR) is 73.4 cm³/mol. The summed E-state index contributed by atoms with van der Waals surface area (Å²) in [5.74, 6) is 0. The molecule has 1 N–H and O–H groups in total. The number of hydrogen-bond donors (Lipinski definition) is 1. The molecule has 17 heavy (non-hydrogen) atoms. The summed E-state index contributed by atoms with van der Waals surface area (Å²) in [6.07, 6.45) is 5.16. The van der Waals surface area contributed by atoms with Crippen LogP contribution in [0, 0.1) is 0 Å². The first kappa shape index (κ1) is 14.9. The summed E-state index contributed by atoms with van der Waals surface area (Å²) in [6.45, 7) is 9.04. The number of methoxy groups -OCH3 is 1. The third kappa shape index (κ3) is 4.57. The summed E-state index contributed by atoms with van der Waals surface area (Å²) in [5, 5.41) is 3.40. The van der Waals surface area contributed by atoms with Gasteiger partial charge in [-0.1, -0.05) is 6.42 Å². The maximum atomic E-state index is 5.51. The number of ether oxygens (including phenoxy) is 1. The first-order valence-corrected chi connectivity index (χ1v) is 6.96. The van der Waals surface area contributed by atoms with Gasteiger partial charge < -0.3 is 10.1 Å². The third-order valence-corrected chi connectivity index (χ3v) is 4.25. The van der Waals surface area contributed by atoms with Crippen LogP contribution < -0.4 is 5.32 Å². The average molecular weight is 242 g/mol. The van der Waals surface area contributed by atoms with Gasteiger partial charge in [-0.05, 0) is 53.6 Å². The Morgan fingerprint density at radius 1 is 1.41 bits per heavy atom. The number of rotatable bonds is 6. The largest absolute Gasteiger partial charge is 0.379 e. The van der Waals surface area contributed by atoms with Crippen molar-refractivity contribution in [3.63, 3.8) is 0 Å². The highest BCUT2D eigenvalue weighted by Crippen LogP contribution is 2.22. The topological polar surface area (TPSA) is 24.5 Å². The Balaban J connectivity index is 2.48. The van der Waals surface area contributed by atoms with Crippen molar-refractivity contribution in [1.82, 2.24) is 10.2 Å². The van der Waals surface area contributed by atoms with Crippen LogP contribution in [0.4, 0.5) is 0 Å². The molecule has 1 heterocycles. The van der Waals surface area contributed by atoms with E-state index in [1.165, 1.54) is 25.8 Å². The van der Waals surface area contributed by atoms with Crippen LogP contribution in [-0.2, 0) is 4.74 Å². The number of piperidine rings is 1. The summed E-state index contributed by atoms with van der Waals surface area (Å²) in [4.78, 5) is 2.64. The molecule has 1 aliphatic rings. The molecule has 1 fully saturated rings. The summed E-state index contributed by atoms with van der Waals surface area (Å²) in [5.41, 5.74) is 0.00484. The maximum absolute atomic E-state index is 5.51. The van der Waals surface area contributed by atoms with Gasteiger partial charge in [-0.2, -0.15) is 0 Å². The van der Waals surface area contributed by atoms with E-state index in [9.17, 15) is 0 Å². The standard InChI is InChI=1S/C14H30N2O/c1-12(15-4)13-8-6-7-10-16(13)11-9-14(2,3)17-5/h12-13,15H,6-11H2,1-5H3. The quantitative estimate of drug-likeness (QED) is 0.773. The number of likely N-dealkylation sites (tertiary alicyclic amines) is 1.